The quantitative estimate of drug-likeness (QED) is 0.310. The number of aliphatic imine (C=N–C) groups is 1. The summed E-state index contributed by atoms with van der Waals surface area (Å²) in [4.78, 5) is 13.6. The molecule has 10 heteroatoms. The van der Waals surface area contributed by atoms with Gasteiger partial charge in [-0.2, -0.15) is 0 Å². The number of halogens is 2. The van der Waals surface area contributed by atoms with Crippen molar-refractivity contribution in [3.05, 3.63) is 83.4 Å². The van der Waals surface area contributed by atoms with E-state index in [1.54, 1.807) is 24.3 Å². The van der Waals surface area contributed by atoms with Crippen LogP contribution in [0.4, 0.5) is 21.6 Å². The maximum absolute atomic E-state index is 13.4. The Morgan fingerprint density at radius 2 is 1.82 bits per heavy atom. The maximum Gasteiger partial charge on any atom is 0.289 e. The van der Waals surface area contributed by atoms with Gasteiger partial charge in [0.25, 0.3) is 6.02 Å². The summed E-state index contributed by atoms with van der Waals surface area (Å²) in [5.41, 5.74) is 2.86. The van der Waals surface area contributed by atoms with Gasteiger partial charge in [-0.15, -0.1) is 0 Å². The van der Waals surface area contributed by atoms with Crippen molar-refractivity contribution in [3.8, 4) is 5.75 Å². The molecule has 4 aromatic rings. The second-order valence-electron chi connectivity index (χ2n) is 9.31. The van der Waals surface area contributed by atoms with E-state index in [0.29, 0.717) is 42.4 Å². The van der Waals surface area contributed by atoms with Gasteiger partial charge in [-0.05, 0) is 66.9 Å². The largest absolute Gasteiger partial charge is 0.487 e. The van der Waals surface area contributed by atoms with Gasteiger partial charge in [-0.3, -0.25) is 0 Å². The van der Waals surface area contributed by atoms with Crippen LogP contribution in [-0.2, 0) is 16.1 Å². The minimum Gasteiger partial charge on any atom is -0.487 e. The molecule has 1 spiro atoms. The number of nitrogens with zero attached hydrogens (tertiary/aromatic N) is 3. The Balaban J connectivity index is 1.18. The van der Waals surface area contributed by atoms with Crippen LogP contribution in [0.3, 0.4) is 0 Å². The van der Waals surface area contributed by atoms with Gasteiger partial charge < -0.3 is 24.8 Å². The van der Waals surface area contributed by atoms with E-state index in [1.165, 1.54) is 18.5 Å². The standard InChI is InChI=1S/C28H25ClFN5O3/c29-23-14-21(5-7-25(23)37-15-18-2-1-3-19(30)12-18)33-26-22-13-20(4-6-24(22)31-17-32-26)34-27-35-28(16-38-27)8-10-36-11-9-28/h1-7,12-14,17H,8-11,15-16H2,(H,34,35)(H,31,32,33). The zero-order valence-corrected chi connectivity index (χ0v) is 21.2. The summed E-state index contributed by atoms with van der Waals surface area (Å²) < 4.78 is 30.5. The van der Waals surface area contributed by atoms with Crippen molar-refractivity contribution < 1.29 is 18.6 Å². The van der Waals surface area contributed by atoms with Crippen molar-refractivity contribution in [2.24, 2.45) is 4.99 Å². The van der Waals surface area contributed by atoms with Crippen LogP contribution in [0.1, 0.15) is 18.4 Å². The SMILES string of the molecule is Fc1cccc(COc2ccc(Nc3ncnc4ccc(NC5=NC6(CCOCC6)CO5)cc34)cc2Cl)c1. The number of amidine groups is 1. The third-order valence-corrected chi connectivity index (χ3v) is 6.90. The molecular formula is C28H25ClFN5O3. The molecule has 3 heterocycles. The molecule has 3 aromatic carbocycles. The normalized spacial score (nSPS) is 16.2. The third-order valence-electron chi connectivity index (χ3n) is 6.60. The minimum absolute atomic E-state index is 0.195. The van der Waals surface area contributed by atoms with Gasteiger partial charge in [0, 0.05) is 30.0 Å². The fraction of sp³-hybridized carbons (Fsp3) is 0.250. The summed E-state index contributed by atoms with van der Waals surface area (Å²) in [6, 6.07) is 18.0. The molecule has 0 bridgehead atoms. The van der Waals surface area contributed by atoms with E-state index in [2.05, 4.69) is 20.6 Å². The highest BCUT2D eigenvalue weighted by Gasteiger charge is 2.38. The van der Waals surface area contributed by atoms with E-state index >= 15 is 0 Å². The van der Waals surface area contributed by atoms with E-state index in [4.69, 9.17) is 30.8 Å². The summed E-state index contributed by atoms with van der Waals surface area (Å²) in [5.74, 6) is 0.817. The molecule has 1 fully saturated rings. The molecule has 0 unspecified atom stereocenters. The van der Waals surface area contributed by atoms with Crippen molar-refractivity contribution in [1.82, 2.24) is 9.97 Å². The van der Waals surface area contributed by atoms with Crippen molar-refractivity contribution in [1.29, 1.82) is 0 Å². The summed E-state index contributed by atoms with van der Waals surface area (Å²) >= 11 is 6.48. The minimum atomic E-state index is -0.306. The van der Waals surface area contributed by atoms with Gasteiger partial charge >= 0.3 is 0 Å². The highest BCUT2D eigenvalue weighted by Crippen LogP contribution is 2.33. The Hall–Kier alpha value is -3.95. The highest BCUT2D eigenvalue weighted by molar-refractivity contribution is 6.32. The first-order valence-electron chi connectivity index (χ1n) is 12.3. The zero-order valence-electron chi connectivity index (χ0n) is 20.4. The van der Waals surface area contributed by atoms with E-state index in [0.717, 1.165) is 40.7 Å². The second-order valence-corrected chi connectivity index (χ2v) is 9.72. The first-order chi connectivity index (χ1) is 18.6. The number of anilines is 3. The Kier molecular flexibility index (Phi) is 6.70. The average molecular weight is 534 g/mol. The Morgan fingerprint density at radius 1 is 0.974 bits per heavy atom. The molecule has 0 amide bonds. The number of aromatic nitrogens is 2. The van der Waals surface area contributed by atoms with E-state index in [-0.39, 0.29) is 18.0 Å². The summed E-state index contributed by atoms with van der Waals surface area (Å²) in [5, 5.41) is 7.85. The Morgan fingerprint density at radius 3 is 2.66 bits per heavy atom. The lowest BCUT2D eigenvalue weighted by atomic mass is 9.92. The van der Waals surface area contributed by atoms with Crippen molar-refractivity contribution in [2.75, 3.05) is 30.5 Å². The zero-order chi connectivity index (χ0) is 26.0. The molecule has 8 nitrogen and oxygen atoms in total. The molecule has 38 heavy (non-hydrogen) atoms. The van der Waals surface area contributed by atoms with Gasteiger partial charge in [-0.1, -0.05) is 23.7 Å². The van der Waals surface area contributed by atoms with Crippen LogP contribution in [-0.4, -0.2) is 41.3 Å². The molecule has 0 radical (unpaired) electrons. The topological polar surface area (TPSA) is 89.9 Å². The fourth-order valence-electron chi connectivity index (χ4n) is 4.53. The summed E-state index contributed by atoms with van der Waals surface area (Å²) in [6.07, 6.45) is 3.22. The van der Waals surface area contributed by atoms with Crippen LogP contribution in [0.15, 0.2) is 72.0 Å². The Labute approximate surface area is 223 Å². The molecule has 2 aliphatic rings. The van der Waals surface area contributed by atoms with Gasteiger partial charge in [-0.25, -0.2) is 19.4 Å². The van der Waals surface area contributed by atoms with Crippen molar-refractivity contribution in [3.63, 3.8) is 0 Å². The molecule has 1 aromatic heterocycles. The van der Waals surface area contributed by atoms with Gasteiger partial charge in [0.2, 0.25) is 0 Å². The number of rotatable bonds is 6. The average Bonchev–Trinajstić information content (AvgIpc) is 3.30. The van der Waals surface area contributed by atoms with Crippen LogP contribution < -0.4 is 15.4 Å². The number of nitrogens with one attached hydrogen (secondary N) is 2. The van der Waals surface area contributed by atoms with Crippen LogP contribution in [0.2, 0.25) is 5.02 Å². The molecule has 0 atom stereocenters. The molecule has 6 rings (SSSR count). The molecule has 2 N–H and O–H groups in total. The maximum atomic E-state index is 13.4. The van der Waals surface area contributed by atoms with Crippen molar-refractivity contribution in [2.45, 2.75) is 25.0 Å². The molecule has 0 aliphatic carbocycles. The monoisotopic (exact) mass is 533 g/mol. The third kappa shape index (κ3) is 5.34. The number of ether oxygens (including phenoxy) is 3. The molecule has 2 aliphatic heterocycles. The number of benzene rings is 3. The van der Waals surface area contributed by atoms with Crippen LogP contribution in [0, 0.1) is 5.82 Å². The van der Waals surface area contributed by atoms with Crippen molar-refractivity contribution >= 4 is 45.7 Å². The number of fused-ring (bicyclic) bond motifs is 1. The van der Waals surface area contributed by atoms with Gasteiger partial charge in [0.1, 0.15) is 42.5 Å². The highest BCUT2D eigenvalue weighted by atomic mass is 35.5. The number of hydrogen-bond acceptors (Lipinski definition) is 8. The van der Waals surface area contributed by atoms with Crippen LogP contribution in [0.5, 0.6) is 5.75 Å². The first kappa shape index (κ1) is 24.4. The fourth-order valence-corrected chi connectivity index (χ4v) is 4.77. The van der Waals surface area contributed by atoms with Crippen LogP contribution >= 0.6 is 11.6 Å². The van der Waals surface area contributed by atoms with Gasteiger partial charge in [0.15, 0.2) is 0 Å². The van der Waals surface area contributed by atoms with E-state index in [9.17, 15) is 4.39 Å². The van der Waals surface area contributed by atoms with E-state index in [1.807, 2.05) is 24.3 Å². The molecular weight excluding hydrogens is 509 g/mol. The number of hydrogen-bond donors (Lipinski definition) is 2. The molecule has 194 valence electrons. The first-order valence-corrected chi connectivity index (χ1v) is 12.7. The lowest BCUT2D eigenvalue weighted by Gasteiger charge is -2.27. The van der Waals surface area contributed by atoms with E-state index < -0.39 is 0 Å². The predicted molar refractivity (Wildman–Crippen MR) is 145 cm³/mol. The second kappa shape index (κ2) is 10.4. The Bertz CT molecular complexity index is 1510. The summed E-state index contributed by atoms with van der Waals surface area (Å²) in [6.45, 7) is 2.17. The molecule has 1 saturated heterocycles. The lowest BCUT2D eigenvalue weighted by Crippen LogP contribution is -2.35. The van der Waals surface area contributed by atoms with Crippen LogP contribution in [0.25, 0.3) is 10.9 Å². The smallest absolute Gasteiger partial charge is 0.289 e. The van der Waals surface area contributed by atoms with Gasteiger partial charge in [0.05, 0.1) is 10.5 Å². The summed E-state index contributed by atoms with van der Waals surface area (Å²) in [7, 11) is 0. The lowest BCUT2D eigenvalue weighted by molar-refractivity contribution is 0.0442. The predicted octanol–water partition coefficient (Wildman–Crippen LogP) is 6.09. The molecule has 0 saturated carbocycles.